The van der Waals surface area contributed by atoms with Crippen LogP contribution in [-0.4, -0.2) is 0 Å². The molecule has 0 nitrogen and oxygen atoms in total. The summed E-state index contributed by atoms with van der Waals surface area (Å²) in [5.74, 6) is -7.62. The minimum absolute atomic E-state index is 0.160. The number of benzene rings is 3. The molecule has 6 heteroatoms. The molecule has 0 aromatic heterocycles. The first-order valence-corrected chi connectivity index (χ1v) is 12.9. The van der Waals surface area contributed by atoms with Gasteiger partial charge in [-0.1, -0.05) is 51.8 Å². The van der Waals surface area contributed by atoms with E-state index in [0.717, 1.165) is 48.6 Å². The van der Waals surface area contributed by atoms with E-state index in [1.807, 2.05) is 32.9 Å². The number of halogens is 6. The zero-order valence-corrected chi connectivity index (χ0v) is 22.0. The minimum Gasteiger partial charge on any atom is -0.207 e. The van der Waals surface area contributed by atoms with Crippen LogP contribution in [0.5, 0.6) is 0 Å². The summed E-state index contributed by atoms with van der Waals surface area (Å²) >= 11 is 0. The van der Waals surface area contributed by atoms with Crippen molar-refractivity contribution in [3.8, 4) is 11.1 Å². The van der Waals surface area contributed by atoms with Crippen LogP contribution in [0.2, 0.25) is 0 Å². The Labute approximate surface area is 215 Å². The Morgan fingerprint density at radius 3 is 1.81 bits per heavy atom. The van der Waals surface area contributed by atoms with Crippen molar-refractivity contribution in [3.05, 3.63) is 93.6 Å². The summed E-state index contributed by atoms with van der Waals surface area (Å²) in [5, 5.41) is 0. The van der Waals surface area contributed by atoms with Crippen LogP contribution in [0.1, 0.15) is 80.2 Å². The first-order valence-electron chi connectivity index (χ1n) is 12.9. The molecule has 0 unspecified atom stereocenters. The van der Waals surface area contributed by atoms with Gasteiger partial charge in [0.25, 0.3) is 5.92 Å². The van der Waals surface area contributed by atoms with Crippen molar-refractivity contribution in [3.63, 3.8) is 0 Å². The second-order valence-electron chi connectivity index (χ2n) is 9.91. The highest BCUT2D eigenvalue weighted by Gasteiger charge is 2.38. The third-order valence-electron chi connectivity index (χ3n) is 7.22. The Kier molecular flexibility index (Phi) is 9.14. The number of rotatable bonds is 5. The van der Waals surface area contributed by atoms with Crippen molar-refractivity contribution in [1.82, 2.24) is 0 Å². The molecule has 37 heavy (non-hydrogen) atoms. The van der Waals surface area contributed by atoms with Crippen LogP contribution >= 0.6 is 0 Å². The molecule has 0 radical (unpaired) electrons. The predicted molar refractivity (Wildman–Crippen MR) is 137 cm³/mol. The summed E-state index contributed by atoms with van der Waals surface area (Å²) in [6, 6.07) is 9.05. The molecular formula is C31H34F6. The summed E-state index contributed by atoms with van der Waals surface area (Å²) < 4.78 is 87.2. The van der Waals surface area contributed by atoms with Crippen molar-refractivity contribution in [2.75, 3.05) is 0 Å². The van der Waals surface area contributed by atoms with E-state index in [9.17, 15) is 26.3 Å². The molecule has 0 heterocycles. The highest BCUT2D eigenvalue weighted by atomic mass is 19.3. The lowest BCUT2D eigenvalue weighted by molar-refractivity contribution is -0.0110. The summed E-state index contributed by atoms with van der Waals surface area (Å²) in [6.07, 6.45) is 3.30. The highest BCUT2D eigenvalue weighted by Crippen LogP contribution is 2.40. The molecule has 4 rings (SSSR count). The number of alkyl halides is 2. The second-order valence-corrected chi connectivity index (χ2v) is 9.91. The third-order valence-corrected chi connectivity index (χ3v) is 7.22. The maximum atomic E-state index is 14.9. The zero-order chi connectivity index (χ0) is 27.5. The molecule has 0 saturated heterocycles. The van der Waals surface area contributed by atoms with E-state index in [4.69, 9.17) is 0 Å². The van der Waals surface area contributed by atoms with Gasteiger partial charge in [-0.15, -0.1) is 0 Å². The van der Waals surface area contributed by atoms with E-state index in [-0.39, 0.29) is 16.7 Å². The molecule has 3 aromatic rings. The molecule has 0 amide bonds. The number of aryl methyl sites for hydroxylation is 1. The number of hydrogen-bond donors (Lipinski definition) is 0. The molecule has 0 N–H and O–H groups in total. The Bertz CT molecular complexity index is 1190. The highest BCUT2D eigenvalue weighted by molar-refractivity contribution is 5.68. The fourth-order valence-electron chi connectivity index (χ4n) is 5.08. The molecule has 0 bridgehead atoms. The van der Waals surface area contributed by atoms with Crippen molar-refractivity contribution in [1.29, 1.82) is 0 Å². The lowest BCUT2D eigenvalue weighted by atomic mass is 9.79. The average Bonchev–Trinajstić information content (AvgIpc) is 2.83. The van der Waals surface area contributed by atoms with Crippen LogP contribution in [0.3, 0.4) is 0 Å². The first-order chi connectivity index (χ1) is 17.5. The Morgan fingerprint density at radius 1 is 0.757 bits per heavy atom. The maximum absolute atomic E-state index is 14.9. The molecule has 200 valence electrons. The number of hydrogen-bond acceptors (Lipinski definition) is 0. The van der Waals surface area contributed by atoms with E-state index in [1.165, 1.54) is 25.3 Å². The van der Waals surface area contributed by atoms with Gasteiger partial charge in [0.2, 0.25) is 0 Å². The molecule has 0 aliphatic heterocycles. The normalized spacial score (nSPS) is 17.8. The summed E-state index contributed by atoms with van der Waals surface area (Å²) in [7, 11) is 0. The van der Waals surface area contributed by atoms with Gasteiger partial charge in [0, 0.05) is 12.0 Å². The van der Waals surface area contributed by atoms with Crippen LogP contribution in [0, 0.1) is 43.0 Å². The van der Waals surface area contributed by atoms with Gasteiger partial charge in [0.1, 0.15) is 23.3 Å². The topological polar surface area (TPSA) is 0 Å². The van der Waals surface area contributed by atoms with Gasteiger partial charge in [0.15, 0.2) is 0 Å². The molecule has 1 fully saturated rings. The quantitative estimate of drug-likeness (QED) is 0.294. The van der Waals surface area contributed by atoms with Gasteiger partial charge in [-0.25, -0.2) is 26.3 Å². The lowest BCUT2D eigenvalue weighted by Gasteiger charge is -2.27. The molecule has 1 aliphatic rings. The van der Waals surface area contributed by atoms with E-state index >= 15 is 0 Å². The Hall–Kier alpha value is -2.76. The maximum Gasteiger partial charge on any atom is 0.282 e. The standard InChI is InChI=1S/C29H28F6.C2H6/c1-16-4-6-20(7-5-16)21-8-9-23(17(2)10-21)22-13-26(32)28(27(33)14-22)29(34,35)15-19-11-24(30)18(3)25(31)12-19;1-2/h8-14,16,20H,4-7,15H2,1-3H3;1-2H3. The Balaban J connectivity index is 0.00000186. The second kappa shape index (κ2) is 11.7. The largest absolute Gasteiger partial charge is 0.282 e. The molecule has 1 saturated carbocycles. The van der Waals surface area contributed by atoms with E-state index < -0.39 is 41.2 Å². The van der Waals surface area contributed by atoms with Crippen LogP contribution in [0.15, 0.2) is 42.5 Å². The minimum atomic E-state index is -4.00. The van der Waals surface area contributed by atoms with Crippen LogP contribution in [-0.2, 0) is 12.3 Å². The smallest absolute Gasteiger partial charge is 0.207 e. The van der Waals surface area contributed by atoms with Crippen LogP contribution < -0.4 is 0 Å². The Morgan fingerprint density at radius 2 is 1.30 bits per heavy atom. The molecule has 1 aliphatic carbocycles. The van der Waals surface area contributed by atoms with Crippen molar-refractivity contribution < 1.29 is 26.3 Å². The van der Waals surface area contributed by atoms with E-state index in [1.54, 1.807) is 6.07 Å². The summed E-state index contributed by atoms with van der Waals surface area (Å²) in [6.45, 7) is 9.26. The van der Waals surface area contributed by atoms with Gasteiger partial charge in [-0.2, -0.15) is 0 Å². The summed E-state index contributed by atoms with van der Waals surface area (Å²) in [5.41, 5.74) is 0.611. The van der Waals surface area contributed by atoms with Gasteiger partial charge >= 0.3 is 0 Å². The molecule has 0 atom stereocenters. The van der Waals surface area contributed by atoms with E-state index in [0.29, 0.717) is 11.5 Å². The average molecular weight is 521 g/mol. The fourth-order valence-corrected chi connectivity index (χ4v) is 5.08. The van der Waals surface area contributed by atoms with Gasteiger partial charge in [-0.3, -0.25) is 0 Å². The predicted octanol–water partition coefficient (Wildman–Crippen LogP) is 10.2. The molecule has 0 spiro atoms. The van der Waals surface area contributed by atoms with Crippen molar-refractivity contribution in [2.45, 2.75) is 78.6 Å². The monoisotopic (exact) mass is 520 g/mol. The summed E-state index contributed by atoms with van der Waals surface area (Å²) in [4.78, 5) is 0. The molecular weight excluding hydrogens is 486 g/mol. The fraction of sp³-hybridized carbons (Fsp3) is 0.419. The zero-order valence-electron chi connectivity index (χ0n) is 22.0. The lowest BCUT2D eigenvalue weighted by Crippen LogP contribution is -2.21. The van der Waals surface area contributed by atoms with Gasteiger partial charge in [-0.05, 0) is 90.6 Å². The third kappa shape index (κ3) is 6.39. The SMILES string of the molecule is CC.Cc1cc(C2CCC(C)CC2)ccc1-c1cc(F)c(C(F)(F)Cc2cc(F)c(C)c(F)c2)c(F)c1. The van der Waals surface area contributed by atoms with Crippen molar-refractivity contribution >= 4 is 0 Å². The van der Waals surface area contributed by atoms with Gasteiger partial charge < -0.3 is 0 Å². The van der Waals surface area contributed by atoms with E-state index in [2.05, 4.69) is 6.92 Å². The van der Waals surface area contributed by atoms with Crippen molar-refractivity contribution in [2.24, 2.45) is 5.92 Å². The first kappa shape index (κ1) is 28.8. The van der Waals surface area contributed by atoms with Crippen LogP contribution in [0.25, 0.3) is 11.1 Å². The molecule has 3 aromatic carbocycles. The van der Waals surface area contributed by atoms with Crippen LogP contribution in [0.4, 0.5) is 26.3 Å². The van der Waals surface area contributed by atoms with Gasteiger partial charge in [0.05, 0.1) is 5.56 Å².